The lowest BCUT2D eigenvalue weighted by Gasteiger charge is -2.13. The number of imidazole rings is 1. The van der Waals surface area contributed by atoms with Crippen LogP contribution in [0.1, 0.15) is 45.3 Å². The SMILES string of the molecule is CCCC(O)CNc1nc(NCc2ccccn2)c2ncn(C(C)C)c2n1. The molecular formula is C19H27N7O. The Bertz CT molecular complexity index is 863. The van der Waals surface area contributed by atoms with Crippen molar-refractivity contribution in [1.82, 2.24) is 24.5 Å². The molecule has 0 bridgehead atoms. The predicted octanol–water partition coefficient (Wildman–Crippen LogP) is 2.99. The third-order valence-electron chi connectivity index (χ3n) is 4.26. The number of anilines is 2. The molecule has 8 nitrogen and oxygen atoms in total. The van der Waals surface area contributed by atoms with E-state index in [0.29, 0.717) is 24.9 Å². The summed E-state index contributed by atoms with van der Waals surface area (Å²) in [6.07, 6.45) is 4.80. The fourth-order valence-electron chi connectivity index (χ4n) is 2.82. The van der Waals surface area contributed by atoms with Crippen molar-refractivity contribution in [2.45, 2.75) is 52.3 Å². The van der Waals surface area contributed by atoms with Gasteiger partial charge in [-0.3, -0.25) is 4.98 Å². The molecule has 3 aromatic rings. The van der Waals surface area contributed by atoms with Crippen LogP contribution in [0.25, 0.3) is 11.2 Å². The number of aromatic nitrogens is 5. The summed E-state index contributed by atoms with van der Waals surface area (Å²) >= 11 is 0. The molecule has 3 heterocycles. The second kappa shape index (κ2) is 8.77. The molecule has 0 saturated heterocycles. The molecule has 3 N–H and O–H groups in total. The normalized spacial score (nSPS) is 12.5. The minimum absolute atomic E-state index is 0.229. The highest BCUT2D eigenvalue weighted by Crippen LogP contribution is 2.23. The molecule has 0 aliphatic rings. The Morgan fingerprint density at radius 2 is 2.00 bits per heavy atom. The van der Waals surface area contributed by atoms with Crippen LogP contribution in [0, 0.1) is 0 Å². The van der Waals surface area contributed by atoms with Crippen LogP contribution in [0.15, 0.2) is 30.7 Å². The topological polar surface area (TPSA) is 101 Å². The number of aliphatic hydroxyl groups excluding tert-OH is 1. The molecule has 3 rings (SSSR count). The third kappa shape index (κ3) is 4.71. The smallest absolute Gasteiger partial charge is 0.226 e. The number of aliphatic hydroxyl groups is 1. The van der Waals surface area contributed by atoms with Crippen molar-refractivity contribution in [3.8, 4) is 0 Å². The van der Waals surface area contributed by atoms with Gasteiger partial charge >= 0.3 is 0 Å². The molecule has 0 aliphatic carbocycles. The van der Waals surface area contributed by atoms with Crippen molar-refractivity contribution >= 4 is 22.9 Å². The highest BCUT2D eigenvalue weighted by molar-refractivity contribution is 5.84. The number of nitrogens with zero attached hydrogens (tertiary/aromatic N) is 5. The molecule has 0 spiro atoms. The standard InChI is InChI=1S/C19H27N7O/c1-4-7-15(27)11-22-19-24-17(21-10-14-8-5-6-9-20-14)16-18(25-19)26(12-23-16)13(2)3/h5-6,8-9,12-13,15,27H,4,7,10-11H2,1-3H3,(H2,21,22,24,25). The Kier molecular flexibility index (Phi) is 6.18. The van der Waals surface area contributed by atoms with Crippen molar-refractivity contribution < 1.29 is 5.11 Å². The second-order valence-corrected chi connectivity index (χ2v) is 6.81. The van der Waals surface area contributed by atoms with Crippen molar-refractivity contribution in [2.24, 2.45) is 0 Å². The number of hydrogen-bond acceptors (Lipinski definition) is 7. The third-order valence-corrected chi connectivity index (χ3v) is 4.26. The van der Waals surface area contributed by atoms with Gasteiger partial charge in [0.2, 0.25) is 5.95 Å². The zero-order valence-corrected chi connectivity index (χ0v) is 16.1. The van der Waals surface area contributed by atoms with Crippen LogP contribution < -0.4 is 10.6 Å². The fraction of sp³-hybridized carbons (Fsp3) is 0.474. The lowest BCUT2D eigenvalue weighted by Crippen LogP contribution is -2.20. The molecule has 1 atom stereocenters. The molecule has 0 aliphatic heterocycles. The Balaban J connectivity index is 1.87. The average molecular weight is 369 g/mol. The minimum Gasteiger partial charge on any atom is -0.391 e. The minimum atomic E-state index is -0.422. The van der Waals surface area contributed by atoms with Gasteiger partial charge in [-0.05, 0) is 32.4 Å². The zero-order chi connectivity index (χ0) is 19.2. The predicted molar refractivity (Wildman–Crippen MR) is 107 cm³/mol. The maximum Gasteiger partial charge on any atom is 0.226 e. The molecule has 27 heavy (non-hydrogen) atoms. The maximum atomic E-state index is 9.99. The first-order valence-corrected chi connectivity index (χ1v) is 9.38. The van der Waals surface area contributed by atoms with Gasteiger partial charge in [0, 0.05) is 18.8 Å². The van der Waals surface area contributed by atoms with Crippen molar-refractivity contribution in [2.75, 3.05) is 17.2 Å². The van der Waals surface area contributed by atoms with Crippen molar-refractivity contribution in [3.63, 3.8) is 0 Å². The van der Waals surface area contributed by atoms with Gasteiger partial charge in [-0.15, -0.1) is 0 Å². The first-order valence-electron chi connectivity index (χ1n) is 9.38. The van der Waals surface area contributed by atoms with Crippen LogP contribution in [-0.4, -0.2) is 42.3 Å². The van der Waals surface area contributed by atoms with Gasteiger partial charge in [-0.25, -0.2) is 4.98 Å². The van der Waals surface area contributed by atoms with Gasteiger partial charge in [-0.1, -0.05) is 19.4 Å². The first-order chi connectivity index (χ1) is 13.1. The summed E-state index contributed by atoms with van der Waals surface area (Å²) in [6, 6.07) is 6.03. The lowest BCUT2D eigenvalue weighted by molar-refractivity contribution is 0.176. The van der Waals surface area contributed by atoms with E-state index in [0.717, 1.165) is 29.7 Å². The zero-order valence-electron chi connectivity index (χ0n) is 16.1. The summed E-state index contributed by atoms with van der Waals surface area (Å²) in [5.41, 5.74) is 2.40. The van der Waals surface area contributed by atoms with E-state index in [1.54, 1.807) is 12.5 Å². The Morgan fingerprint density at radius 3 is 2.70 bits per heavy atom. The van der Waals surface area contributed by atoms with E-state index in [2.05, 4.69) is 44.4 Å². The number of hydrogen-bond donors (Lipinski definition) is 3. The Labute approximate surface area is 159 Å². The van der Waals surface area contributed by atoms with Gasteiger partial charge < -0.3 is 20.3 Å². The highest BCUT2D eigenvalue weighted by Gasteiger charge is 2.15. The largest absolute Gasteiger partial charge is 0.391 e. The van der Waals surface area contributed by atoms with Crippen LogP contribution in [-0.2, 0) is 6.54 Å². The van der Waals surface area contributed by atoms with E-state index in [9.17, 15) is 5.11 Å². The van der Waals surface area contributed by atoms with E-state index in [-0.39, 0.29) is 6.04 Å². The molecular weight excluding hydrogens is 342 g/mol. The van der Waals surface area contributed by atoms with E-state index < -0.39 is 6.10 Å². The van der Waals surface area contributed by atoms with Crippen LogP contribution in [0.4, 0.5) is 11.8 Å². The summed E-state index contributed by atoms with van der Waals surface area (Å²) in [5.74, 6) is 1.13. The first kappa shape index (κ1) is 19.0. The van der Waals surface area contributed by atoms with E-state index in [1.807, 2.05) is 29.7 Å². The number of rotatable bonds is 9. The maximum absolute atomic E-state index is 9.99. The molecule has 3 aromatic heterocycles. The van der Waals surface area contributed by atoms with Gasteiger partial charge in [0.15, 0.2) is 17.0 Å². The second-order valence-electron chi connectivity index (χ2n) is 6.81. The Morgan fingerprint density at radius 1 is 1.15 bits per heavy atom. The van der Waals surface area contributed by atoms with E-state index >= 15 is 0 Å². The van der Waals surface area contributed by atoms with Crippen molar-refractivity contribution in [3.05, 3.63) is 36.4 Å². The van der Waals surface area contributed by atoms with Gasteiger partial charge in [0.05, 0.1) is 24.7 Å². The van der Waals surface area contributed by atoms with Crippen LogP contribution in [0.3, 0.4) is 0 Å². The van der Waals surface area contributed by atoms with Crippen LogP contribution in [0.2, 0.25) is 0 Å². The summed E-state index contributed by atoms with van der Waals surface area (Å²) in [6.45, 7) is 7.17. The molecule has 1 unspecified atom stereocenters. The quantitative estimate of drug-likeness (QED) is 0.533. The van der Waals surface area contributed by atoms with Crippen LogP contribution in [0.5, 0.6) is 0 Å². The summed E-state index contributed by atoms with van der Waals surface area (Å²) in [4.78, 5) is 18.0. The summed E-state index contributed by atoms with van der Waals surface area (Å²) in [7, 11) is 0. The molecule has 0 amide bonds. The highest BCUT2D eigenvalue weighted by atomic mass is 16.3. The monoisotopic (exact) mass is 369 g/mol. The van der Waals surface area contributed by atoms with Gasteiger partial charge in [-0.2, -0.15) is 9.97 Å². The molecule has 0 radical (unpaired) electrons. The molecule has 0 saturated carbocycles. The van der Waals surface area contributed by atoms with Crippen molar-refractivity contribution in [1.29, 1.82) is 0 Å². The fourth-order valence-corrected chi connectivity index (χ4v) is 2.82. The number of nitrogens with one attached hydrogen (secondary N) is 2. The van der Waals surface area contributed by atoms with Gasteiger partial charge in [0.1, 0.15) is 0 Å². The van der Waals surface area contributed by atoms with Crippen LogP contribution >= 0.6 is 0 Å². The van der Waals surface area contributed by atoms with Gasteiger partial charge in [0.25, 0.3) is 0 Å². The number of pyridine rings is 1. The molecule has 0 aromatic carbocycles. The van der Waals surface area contributed by atoms with E-state index in [1.165, 1.54) is 0 Å². The lowest BCUT2D eigenvalue weighted by atomic mass is 10.2. The molecule has 0 fully saturated rings. The average Bonchev–Trinajstić information content (AvgIpc) is 3.10. The molecule has 144 valence electrons. The summed E-state index contributed by atoms with van der Waals surface area (Å²) < 4.78 is 2.01. The summed E-state index contributed by atoms with van der Waals surface area (Å²) in [5, 5.41) is 16.5. The van der Waals surface area contributed by atoms with E-state index in [4.69, 9.17) is 0 Å². The number of fused-ring (bicyclic) bond motifs is 1. The Hall–Kier alpha value is -2.74. The molecule has 8 heteroatoms.